The Balaban J connectivity index is 1.25. The molecule has 0 aromatic heterocycles. The fourth-order valence-electron chi connectivity index (χ4n) is 4.91. The Labute approximate surface area is 168 Å². The highest BCUT2D eigenvalue weighted by Gasteiger charge is 2.42. The summed E-state index contributed by atoms with van der Waals surface area (Å²) in [6, 6.07) is 10.3. The Morgan fingerprint density at radius 3 is 2.75 bits per heavy atom. The summed E-state index contributed by atoms with van der Waals surface area (Å²) in [6.45, 7) is 4.96. The fourth-order valence-corrected chi connectivity index (χ4v) is 4.91. The van der Waals surface area contributed by atoms with Crippen LogP contribution in [0.25, 0.3) is 0 Å². The van der Waals surface area contributed by atoms with Gasteiger partial charge in [0.1, 0.15) is 0 Å². The highest BCUT2D eigenvalue weighted by molar-refractivity contribution is 5.78. The molecule has 5 heteroatoms. The first kappa shape index (κ1) is 19.4. The first-order valence-electron chi connectivity index (χ1n) is 10.9. The standard InChI is InChI=1S/C23H33N3O2/c27-21(24-13-10-19-5-2-1-3-6-19)16-25-14-4-11-23(17-25)12-9-22(28)26(18-23)15-20-7-8-20/h1-3,5-6,20H,4,7-18H2,(H,24,27). The van der Waals surface area contributed by atoms with E-state index in [0.29, 0.717) is 25.4 Å². The lowest BCUT2D eigenvalue weighted by molar-refractivity contribution is -0.140. The van der Waals surface area contributed by atoms with Gasteiger partial charge >= 0.3 is 0 Å². The van der Waals surface area contributed by atoms with Gasteiger partial charge in [-0.2, -0.15) is 0 Å². The molecule has 5 nitrogen and oxygen atoms in total. The summed E-state index contributed by atoms with van der Waals surface area (Å²) >= 11 is 0. The molecule has 28 heavy (non-hydrogen) atoms. The number of amides is 2. The van der Waals surface area contributed by atoms with Crippen LogP contribution in [-0.2, 0) is 16.0 Å². The van der Waals surface area contributed by atoms with E-state index in [2.05, 4.69) is 27.2 Å². The summed E-state index contributed by atoms with van der Waals surface area (Å²) < 4.78 is 0. The van der Waals surface area contributed by atoms with Crippen molar-refractivity contribution in [2.24, 2.45) is 11.3 Å². The van der Waals surface area contributed by atoms with Crippen LogP contribution in [-0.4, -0.2) is 60.9 Å². The van der Waals surface area contributed by atoms with Crippen LogP contribution in [0.2, 0.25) is 0 Å². The van der Waals surface area contributed by atoms with Gasteiger partial charge in [0, 0.05) is 38.0 Å². The van der Waals surface area contributed by atoms with Crippen LogP contribution in [0, 0.1) is 11.3 Å². The van der Waals surface area contributed by atoms with Gasteiger partial charge in [-0.05, 0) is 56.6 Å². The molecule has 1 atom stereocenters. The zero-order chi connectivity index (χ0) is 19.4. The van der Waals surface area contributed by atoms with Gasteiger partial charge in [0.25, 0.3) is 0 Å². The van der Waals surface area contributed by atoms with E-state index in [1.807, 2.05) is 18.2 Å². The average molecular weight is 384 g/mol. The molecule has 2 aliphatic heterocycles. The Kier molecular flexibility index (Phi) is 6.00. The quantitative estimate of drug-likeness (QED) is 0.787. The molecule has 1 unspecified atom stereocenters. The van der Waals surface area contributed by atoms with Crippen LogP contribution >= 0.6 is 0 Å². The molecule has 1 saturated carbocycles. The number of benzene rings is 1. The number of likely N-dealkylation sites (tertiary alicyclic amines) is 2. The third-order valence-corrected chi connectivity index (χ3v) is 6.61. The molecular weight excluding hydrogens is 350 g/mol. The molecule has 0 bridgehead atoms. The Morgan fingerprint density at radius 2 is 1.96 bits per heavy atom. The fraction of sp³-hybridized carbons (Fsp3) is 0.652. The summed E-state index contributed by atoms with van der Waals surface area (Å²) in [5.74, 6) is 1.21. The van der Waals surface area contributed by atoms with Gasteiger partial charge in [-0.1, -0.05) is 30.3 Å². The molecule has 152 valence electrons. The van der Waals surface area contributed by atoms with Crippen LogP contribution in [0.5, 0.6) is 0 Å². The molecule has 2 heterocycles. The molecule has 2 saturated heterocycles. The monoisotopic (exact) mass is 383 g/mol. The van der Waals surface area contributed by atoms with Crippen molar-refractivity contribution >= 4 is 11.8 Å². The van der Waals surface area contributed by atoms with E-state index in [1.54, 1.807) is 0 Å². The summed E-state index contributed by atoms with van der Waals surface area (Å²) in [4.78, 5) is 29.2. The molecular formula is C23H33N3O2. The Morgan fingerprint density at radius 1 is 1.14 bits per heavy atom. The van der Waals surface area contributed by atoms with E-state index in [9.17, 15) is 9.59 Å². The second-order valence-electron chi connectivity index (χ2n) is 9.12. The van der Waals surface area contributed by atoms with Gasteiger partial charge in [-0.25, -0.2) is 0 Å². The maximum atomic E-state index is 12.4. The topological polar surface area (TPSA) is 52.7 Å². The highest BCUT2D eigenvalue weighted by Crippen LogP contribution is 2.40. The highest BCUT2D eigenvalue weighted by atomic mass is 16.2. The Bertz CT molecular complexity index is 688. The first-order chi connectivity index (χ1) is 13.6. The van der Waals surface area contributed by atoms with Crippen LogP contribution in [0.1, 0.15) is 44.1 Å². The maximum absolute atomic E-state index is 12.4. The third kappa shape index (κ3) is 5.13. The first-order valence-corrected chi connectivity index (χ1v) is 10.9. The molecule has 0 radical (unpaired) electrons. The van der Waals surface area contributed by atoms with Gasteiger partial charge in [-0.15, -0.1) is 0 Å². The summed E-state index contributed by atoms with van der Waals surface area (Å²) in [5, 5.41) is 3.07. The molecule has 3 fully saturated rings. The number of carbonyl (C=O) groups excluding carboxylic acids is 2. The van der Waals surface area contributed by atoms with Crippen molar-refractivity contribution in [2.75, 3.05) is 39.3 Å². The number of rotatable bonds is 7. The van der Waals surface area contributed by atoms with E-state index in [1.165, 1.54) is 24.8 Å². The smallest absolute Gasteiger partial charge is 0.234 e. The normalized spacial score (nSPS) is 25.9. The number of hydrogen-bond donors (Lipinski definition) is 1. The average Bonchev–Trinajstić information content (AvgIpc) is 3.50. The lowest BCUT2D eigenvalue weighted by Gasteiger charge is -2.48. The van der Waals surface area contributed by atoms with Crippen molar-refractivity contribution in [3.63, 3.8) is 0 Å². The lowest BCUT2D eigenvalue weighted by atomic mass is 9.73. The summed E-state index contributed by atoms with van der Waals surface area (Å²) in [7, 11) is 0. The molecule has 2 amide bonds. The second kappa shape index (κ2) is 8.64. The predicted molar refractivity (Wildman–Crippen MR) is 110 cm³/mol. The minimum Gasteiger partial charge on any atom is -0.355 e. The van der Waals surface area contributed by atoms with Gasteiger partial charge in [-0.3, -0.25) is 14.5 Å². The minimum absolute atomic E-state index is 0.120. The third-order valence-electron chi connectivity index (χ3n) is 6.61. The van der Waals surface area contributed by atoms with Crippen LogP contribution in [0.3, 0.4) is 0 Å². The second-order valence-corrected chi connectivity index (χ2v) is 9.12. The van der Waals surface area contributed by atoms with Crippen molar-refractivity contribution in [3.05, 3.63) is 35.9 Å². The van der Waals surface area contributed by atoms with Gasteiger partial charge in [0.15, 0.2) is 0 Å². The molecule has 3 aliphatic rings. The summed E-state index contributed by atoms with van der Waals surface area (Å²) in [6.07, 6.45) is 7.42. The van der Waals surface area contributed by atoms with Crippen LogP contribution in [0.15, 0.2) is 30.3 Å². The van der Waals surface area contributed by atoms with Crippen molar-refractivity contribution < 1.29 is 9.59 Å². The minimum atomic E-state index is 0.120. The van der Waals surface area contributed by atoms with Crippen molar-refractivity contribution in [2.45, 2.75) is 44.9 Å². The Hall–Kier alpha value is -1.88. The largest absolute Gasteiger partial charge is 0.355 e. The van der Waals surface area contributed by atoms with Crippen molar-refractivity contribution in [3.8, 4) is 0 Å². The number of hydrogen-bond acceptors (Lipinski definition) is 3. The van der Waals surface area contributed by atoms with E-state index in [4.69, 9.17) is 0 Å². The van der Waals surface area contributed by atoms with Gasteiger partial charge < -0.3 is 10.2 Å². The zero-order valence-electron chi connectivity index (χ0n) is 16.9. The van der Waals surface area contributed by atoms with E-state index in [0.717, 1.165) is 51.4 Å². The molecule has 1 spiro atoms. The van der Waals surface area contributed by atoms with Crippen LogP contribution < -0.4 is 5.32 Å². The summed E-state index contributed by atoms with van der Waals surface area (Å²) in [5.41, 5.74) is 1.45. The number of carbonyl (C=O) groups is 2. The maximum Gasteiger partial charge on any atom is 0.234 e. The number of piperidine rings is 2. The molecule has 1 N–H and O–H groups in total. The number of nitrogens with zero attached hydrogens (tertiary/aromatic N) is 2. The lowest BCUT2D eigenvalue weighted by Crippen LogP contribution is -2.55. The van der Waals surface area contributed by atoms with Gasteiger partial charge in [0.2, 0.25) is 11.8 Å². The van der Waals surface area contributed by atoms with E-state index >= 15 is 0 Å². The van der Waals surface area contributed by atoms with Crippen molar-refractivity contribution in [1.29, 1.82) is 0 Å². The van der Waals surface area contributed by atoms with E-state index < -0.39 is 0 Å². The van der Waals surface area contributed by atoms with E-state index in [-0.39, 0.29) is 11.3 Å². The van der Waals surface area contributed by atoms with Crippen LogP contribution in [0.4, 0.5) is 0 Å². The molecule has 1 aliphatic carbocycles. The molecule has 1 aromatic carbocycles. The predicted octanol–water partition coefficient (Wildman–Crippen LogP) is 2.46. The SMILES string of the molecule is O=C(CN1CCCC2(CCC(=O)N(CC3CC3)C2)C1)NCCc1ccccc1. The number of nitrogens with one attached hydrogen (secondary N) is 1. The molecule has 1 aromatic rings. The molecule has 4 rings (SSSR count). The van der Waals surface area contributed by atoms with Gasteiger partial charge in [0.05, 0.1) is 6.54 Å². The zero-order valence-corrected chi connectivity index (χ0v) is 16.9. The van der Waals surface area contributed by atoms with Crippen molar-refractivity contribution in [1.82, 2.24) is 15.1 Å².